The lowest BCUT2D eigenvalue weighted by Gasteiger charge is -2.33. The van der Waals surface area contributed by atoms with E-state index in [2.05, 4.69) is 14.5 Å². The number of likely N-dealkylation sites (tertiary alicyclic amines) is 1. The summed E-state index contributed by atoms with van der Waals surface area (Å²) in [6.45, 7) is 4.56. The fourth-order valence-corrected chi connectivity index (χ4v) is 4.73. The zero-order chi connectivity index (χ0) is 23.4. The Bertz CT molecular complexity index is 929. The molecule has 4 nitrogen and oxygen atoms in total. The molecule has 1 unspecified atom stereocenters. The molecule has 1 saturated heterocycles. The third-order valence-electron chi connectivity index (χ3n) is 6.32. The van der Waals surface area contributed by atoms with Crippen LogP contribution in [0.5, 0.6) is 11.5 Å². The third-order valence-corrected chi connectivity index (χ3v) is 6.32. The number of likely N-dealkylation sites (N-methyl/N-ethyl adjacent to an activating group) is 1. The molecule has 1 fully saturated rings. The molecule has 0 aromatic heterocycles. The van der Waals surface area contributed by atoms with Crippen LogP contribution in [0.25, 0.3) is 0 Å². The van der Waals surface area contributed by atoms with Crippen molar-refractivity contribution in [1.82, 2.24) is 9.80 Å². The summed E-state index contributed by atoms with van der Waals surface area (Å²) in [6, 6.07) is 12.2. The number of hydrogen-bond acceptors (Lipinski definition) is 4. The monoisotopic (exact) mass is 466 g/mol. The molecular weight excluding hydrogens is 436 g/mol. The van der Waals surface area contributed by atoms with Crippen molar-refractivity contribution in [2.24, 2.45) is 0 Å². The lowest BCUT2D eigenvalue weighted by atomic mass is 9.84. The minimum atomic E-state index is -4.71. The summed E-state index contributed by atoms with van der Waals surface area (Å²) in [7, 11) is 2.00. The minimum Gasteiger partial charge on any atom is -0.494 e. The average Bonchev–Trinajstić information content (AvgIpc) is 2.76. The lowest BCUT2D eigenvalue weighted by molar-refractivity contribution is -0.274. The standard InChI is InChI=1S/C25H30F4N2O2/c1-30-16-19-15-21(32-13-3-10-31-11-8-20(26)9-12-31)6-7-23(19)24(17-30)18-4-2-5-22(14-18)33-25(27,28)29/h2,4-7,14-15,20,24H,3,8-13,16-17H2,1H3. The second-order valence-electron chi connectivity index (χ2n) is 8.95. The van der Waals surface area contributed by atoms with Crippen LogP contribution in [-0.4, -0.2) is 62.2 Å². The van der Waals surface area contributed by atoms with Crippen LogP contribution >= 0.6 is 0 Å². The fraction of sp³-hybridized carbons (Fsp3) is 0.520. The summed E-state index contributed by atoms with van der Waals surface area (Å²) in [5.41, 5.74) is 2.99. The molecule has 1 atom stereocenters. The van der Waals surface area contributed by atoms with Crippen LogP contribution < -0.4 is 9.47 Å². The van der Waals surface area contributed by atoms with Gasteiger partial charge in [0, 0.05) is 38.6 Å². The van der Waals surface area contributed by atoms with Crippen molar-refractivity contribution in [3.05, 3.63) is 59.2 Å². The van der Waals surface area contributed by atoms with Crippen molar-refractivity contribution in [3.63, 3.8) is 0 Å². The highest BCUT2D eigenvalue weighted by Crippen LogP contribution is 2.36. The first-order valence-corrected chi connectivity index (χ1v) is 11.4. The van der Waals surface area contributed by atoms with Gasteiger partial charge in [-0.3, -0.25) is 0 Å². The Labute approximate surface area is 192 Å². The molecule has 0 saturated carbocycles. The Kier molecular flexibility index (Phi) is 7.44. The van der Waals surface area contributed by atoms with Gasteiger partial charge in [0.25, 0.3) is 0 Å². The van der Waals surface area contributed by atoms with E-state index in [1.54, 1.807) is 6.07 Å². The van der Waals surface area contributed by atoms with E-state index in [0.29, 0.717) is 26.0 Å². The van der Waals surface area contributed by atoms with E-state index in [1.807, 2.05) is 31.3 Å². The predicted octanol–water partition coefficient (Wildman–Crippen LogP) is 5.37. The second-order valence-corrected chi connectivity index (χ2v) is 8.95. The maximum atomic E-state index is 13.2. The highest BCUT2D eigenvalue weighted by molar-refractivity contribution is 5.45. The third kappa shape index (κ3) is 6.60. The largest absolute Gasteiger partial charge is 0.573 e. The van der Waals surface area contributed by atoms with Gasteiger partial charge in [-0.25, -0.2) is 4.39 Å². The highest BCUT2D eigenvalue weighted by atomic mass is 19.4. The van der Waals surface area contributed by atoms with Crippen LogP contribution in [0.1, 0.15) is 41.9 Å². The number of piperidine rings is 1. The summed E-state index contributed by atoms with van der Waals surface area (Å²) >= 11 is 0. The Balaban J connectivity index is 1.39. The number of hydrogen-bond donors (Lipinski definition) is 0. The Morgan fingerprint density at radius 2 is 1.82 bits per heavy atom. The Morgan fingerprint density at radius 1 is 1.03 bits per heavy atom. The molecule has 2 aliphatic rings. The molecule has 2 aromatic rings. The molecule has 4 rings (SSSR count). The van der Waals surface area contributed by atoms with Crippen molar-refractivity contribution in [2.75, 3.05) is 39.8 Å². The molecule has 0 spiro atoms. The van der Waals surface area contributed by atoms with Crippen LogP contribution in [0.15, 0.2) is 42.5 Å². The van der Waals surface area contributed by atoms with Gasteiger partial charge in [-0.2, -0.15) is 0 Å². The number of fused-ring (bicyclic) bond motifs is 1. The van der Waals surface area contributed by atoms with Gasteiger partial charge in [0.05, 0.1) is 6.61 Å². The smallest absolute Gasteiger partial charge is 0.494 e. The molecule has 2 aliphatic heterocycles. The number of halogens is 4. The highest BCUT2D eigenvalue weighted by Gasteiger charge is 2.32. The first kappa shape index (κ1) is 23.8. The van der Waals surface area contributed by atoms with Gasteiger partial charge >= 0.3 is 6.36 Å². The molecule has 0 amide bonds. The van der Waals surface area contributed by atoms with Gasteiger partial charge in [0.15, 0.2) is 0 Å². The van der Waals surface area contributed by atoms with Crippen molar-refractivity contribution in [2.45, 2.75) is 44.3 Å². The normalized spacial score (nSPS) is 20.5. The van der Waals surface area contributed by atoms with Gasteiger partial charge < -0.3 is 19.3 Å². The van der Waals surface area contributed by atoms with Crippen LogP contribution in [-0.2, 0) is 6.54 Å². The van der Waals surface area contributed by atoms with E-state index < -0.39 is 12.5 Å². The number of ether oxygens (including phenoxy) is 2. The molecule has 33 heavy (non-hydrogen) atoms. The predicted molar refractivity (Wildman–Crippen MR) is 118 cm³/mol. The van der Waals surface area contributed by atoms with Gasteiger partial charge in [-0.05, 0) is 67.3 Å². The molecule has 0 aliphatic carbocycles. The van der Waals surface area contributed by atoms with E-state index in [0.717, 1.165) is 55.0 Å². The van der Waals surface area contributed by atoms with Crippen molar-refractivity contribution in [3.8, 4) is 11.5 Å². The molecule has 2 heterocycles. The van der Waals surface area contributed by atoms with Gasteiger partial charge in [-0.15, -0.1) is 13.2 Å². The first-order valence-electron chi connectivity index (χ1n) is 11.4. The van der Waals surface area contributed by atoms with Crippen molar-refractivity contribution < 1.29 is 27.0 Å². The van der Waals surface area contributed by atoms with Gasteiger partial charge in [-0.1, -0.05) is 18.2 Å². The minimum absolute atomic E-state index is 0.0528. The average molecular weight is 467 g/mol. The lowest BCUT2D eigenvalue weighted by Crippen LogP contribution is -2.35. The summed E-state index contributed by atoms with van der Waals surface area (Å²) in [4.78, 5) is 4.44. The summed E-state index contributed by atoms with van der Waals surface area (Å²) < 4.78 is 61.3. The van der Waals surface area contributed by atoms with Crippen LogP contribution in [0, 0.1) is 0 Å². The quantitative estimate of drug-likeness (QED) is 0.405. The maximum Gasteiger partial charge on any atom is 0.573 e. The molecule has 0 bridgehead atoms. The zero-order valence-corrected chi connectivity index (χ0v) is 18.8. The first-order chi connectivity index (χ1) is 15.8. The number of rotatable bonds is 7. The summed E-state index contributed by atoms with van der Waals surface area (Å²) in [6.07, 6.45) is -3.26. The van der Waals surface area contributed by atoms with E-state index in [1.165, 1.54) is 12.1 Å². The van der Waals surface area contributed by atoms with E-state index in [9.17, 15) is 17.6 Å². The molecule has 0 radical (unpaired) electrons. The fourth-order valence-electron chi connectivity index (χ4n) is 4.73. The Hall–Kier alpha value is -2.32. The van der Waals surface area contributed by atoms with Crippen molar-refractivity contribution >= 4 is 0 Å². The molecule has 180 valence electrons. The summed E-state index contributed by atoms with van der Waals surface area (Å²) in [5.74, 6) is 0.535. The van der Waals surface area contributed by atoms with E-state index in [4.69, 9.17) is 4.74 Å². The van der Waals surface area contributed by atoms with Crippen LogP contribution in [0.4, 0.5) is 17.6 Å². The molecule has 2 aromatic carbocycles. The molecule has 8 heteroatoms. The van der Waals surface area contributed by atoms with Crippen molar-refractivity contribution in [1.29, 1.82) is 0 Å². The maximum absolute atomic E-state index is 13.2. The zero-order valence-electron chi connectivity index (χ0n) is 18.8. The van der Waals surface area contributed by atoms with E-state index >= 15 is 0 Å². The molecule has 0 N–H and O–H groups in total. The van der Waals surface area contributed by atoms with Crippen LogP contribution in [0.2, 0.25) is 0 Å². The van der Waals surface area contributed by atoms with Gasteiger partial charge in [0.2, 0.25) is 0 Å². The molecular formula is C25H30F4N2O2. The van der Waals surface area contributed by atoms with E-state index in [-0.39, 0.29) is 11.7 Å². The second kappa shape index (κ2) is 10.3. The topological polar surface area (TPSA) is 24.9 Å². The van der Waals surface area contributed by atoms with Crippen LogP contribution in [0.3, 0.4) is 0 Å². The number of benzene rings is 2. The SMILES string of the molecule is CN1Cc2cc(OCCCN3CCC(F)CC3)ccc2C(c2cccc(OC(F)(F)F)c2)C1. The number of nitrogens with zero attached hydrogens (tertiary/aromatic N) is 2. The van der Waals surface area contributed by atoms with Gasteiger partial charge in [0.1, 0.15) is 17.7 Å². The Morgan fingerprint density at radius 3 is 2.58 bits per heavy atom. The summed E-state index contributed by atoms with van der Waals surface area (Å²) in [5, 5.41) is 0. The number of alkyl halides is 4.